The van der Waals surface area contributed by atoms with Crippen molar-refractivity contribution in [2.45, 2.75) is 38.9 Å². The van der Waals surface area contributed by atoms with Crippen LogP contribution in [0, 0.1) is 0 Å². The molecular weight excluding hydrogens is 425 g/mol. The van der Waals surface area contributed by atoms with Gasteiger partial charge in [0.2, 0.25) is 0 Å². The number of hydrogen-bond acceptors (Lipinski definition) is 5. The first kappa shape index (κ1) is 20.9. The summed E-state index contributed by atoms with van der Waals surface area (Å²) < 4.78 is 7.28. The molecule has 3 heterocycles. The fourth-order valence-electron chi connectivity index (χ4n) is 3.60. The van der Waals surface area contributed by atoms with Crippen molar-refractivity contribution in [3.8, 4) is 0 Å². The fourth-order valence-corrected chi connectivity index (χ4v) is 4.13. The molecular formula is C21H23Cl2N5O2. The average molecular weight is 448 g/mol. The summed E-state index contributed by atoms with van der Waals surface area (Å²) >= 11 is 12.5. The number of carbonyl (C=O) groups is 1. The van der Waals surface area contributed by atoms with Gasteiger partial charge in [-0.05, 0) is 31.9 Å². The molecule has 0 bridgehead atoms. The van der Waals surface area contributed by atoms with Gasteiger partial charge >= 0.3 is 0 Å². The highest BCUT2D eigenvalue weighted by Gasteiger charge is 2.22. The van der Waals surface area contributed by atoms with Crippen LogP contribution in [-0.4, -0.2) is 39.9 Å². The molecule has 9 heteroatoms. The number of rotatable bonds is 6. The molecule has 1 aliphatic rings. The van der Waals surface area contributed by atoms with E-state index in [2.05, 4.69) is 20.7 Å². The number of anilines is 1. The predicted octanol–water partition coefficient (Wildman–Crippen LogP) is 4.28. The molecule has 3 aromatic rings. The summed E-state index contributed by atoms with van der Waals surface area (Å²) in [5.41, 5.74) is 2.64. The van der Waals surface area contributed by atoms with Crippen molar-refractivity contribution in [2.75, 3.05) is 18.5 Å². The van der Waals surface area contributed by atoms with Crippen LogP contribution in [0.1, 0.15) is 35.7 Å². The van der Waals surface area contributed by atoms with Crippen LogP contribution in [0.15, 0.2) is 30.6 Å². The number of aryl methyl sites for hydroxylation is 1. The summed E-state index contributed by atoms with van der Waals surface area (Å²) in [6.07, 6.45) is 5.11. The van der Waals surface area contributed by atoms with Crippen molar-refractivity contribution in [1.29, 1.82) is 0 Å². The van der Waals surface area contributed by atoms with Crippen molar-refractivity contribution < 1.29 is 9.53 Å². The Balaban J connectivity index is 1.64. The Morgan fingerprint density at radius 2 is 1.97 bits per heavy atom. The molecule has 0 radical (unpaired) electrons. The Labute approximate surface area is 184 Å². The molecule has 1 fully saturated rings. The smallest absolute Gasteiger partial charge is 0.255 e. The number of carbonyl (C=O) groups excluding carboxylic acids is 1. The number of amides is 1. The monoisotopic (exact) mass is 447 g/mol. The SMILES string of the molecule is CCn1ncc2c(NC3CCOCC3)c(C(=O)NCc3c(Cl)cccc3Cl)cnc21. The lowest BCUT2D eigenvalue weighted by molar-refractivity contribution is 0.0904. The molecule has 7 nitrogen and oxygen atoms in total. The molecule has 2 N–H and O–H groups in total. The van der Waals surface area contributed by atoms with Gasteiger partial charge in [-0.15, -0.1) is 0 Å². The van der Waals surface area contributed by atoms with E-state index in [0.717, 1.165) is 29.6 Å². The lowest BCUT2D eigenvalue weighted by Gasteiger charge is -2.25. The van der Waals surface area contributed by atoms with Gasteiger partial charge in [-0.3, -0.25) is 4.79 Å². The Kier molecular flexibility index (Phi) is 6.41. The molecule has 2 aromatic heterocycles. The van der Waals surface area contributed by atoms with Gasteiger partial charge in [-0.25, -0.2) is 9.67 Å². The molecule has 1 aromatic carbocycles. The van der Waals surface area contributed by atoms with Crippen molar-refractivity contribution in [3.05, 3.63) is 51.8 Å². The molecule has 0 spiro atoms. The fraction of sp³-hybridized carbons (Fsp3) is 0.381. The van der Waals surface area contributed by atoms with Gasteiger partial charge < -0.3 is 15.4 Å². The van der Waals surface area contributed by atoms with Crippen LogP contribution in [0.25, 0.3) is 11.0 Å². The number of pyridine rings is 1. The molecule has 30 heavy (non-hydrogen) atoms. The molecule has 1 aliphatic heterocycles. The molecule has 0 saturated carbocycles. The maximum atomic E-state index is 13.1. The summed E-state index contributed by atoms with van der Waals surface area (Å²) in [5.74, 6) is -0.251. The molecule has 1 saturated heterocycles. The summed E-state index contributed by atoms with van der Waals surface area (Å²) in [6, 6.07) is 5.49. The second kappa shape index (κ2) is 9.20. The second-order valence-electron chi connectivity index (χ2n) is 7.16. The van der Waals surface area contributed by atoms with E-state index >= 15 is 0 Å². The predicted molar refractivity (Wildman–Crippen MR) is 118 cm³/mol. The maximum absolute atomic E-state index is 13.1. The largest absolute Gasteiger partial charge is 0.381 e. The minimum absolute atomic E-state index is 0.221. The van der Waals surface area contributed by atoms with Crippen molar-refractivity contribution >= 4 is 45.8 Å². The van der Waals surface area contributed by atoms with E-state index in [4.69, 9.17) is 27.9 Å². The van der Waals surface area contributed by atoms with Gasteiger partial charge in [0.25, 0.3) is 5.91 Å². The van der Waals surface area contributed by atoms with Crippen LogP contribution in [0.2, 0.25) is 10.0 Å². The summed E-state index contributed by atoms with van der Waals surface area (Å²) in [4.78, 5) is 17.6. The topological polar surface area (TPSA) is 81.1 Å². The number of nitrogens with zero attached hydrogens (tertiary/aromatic N) is 3. The minimum Gasteiger partial charge on any atom is -0.381 e. The highest BCUT2D eigenvalue weighted by molar-refractivity contribution is 6.36. The number of halogens is 2. The zero-order valence-electron chi connectivity index (χ0n) is 16.6. The van der Waals surface area contributed by atoms with Gasteiger partial charge in [-0.1, -0.05) is 29.3 Å². The van der Waals surface area contributed by atoms with Gasteiger partial charge in [0, 0.05) is 54.2 Å². The quantitative estimate of drug-likeness (QED) is 0.589. The molecule has 0 unspecified atom stereocenters. The number of ether oxygens (including phenoxy) is 1. The lowest BCUT2D eigenvalue weighted by atomic mass is 10.1. The van der Waals surface area contributed by atoms with Gasteiger partial charge in [-0.2, -0.15) is 5.10 Å². The normalized spacial score (nSPS) is 14.8. The van der Waals surface area contributed by atoms with E-state index in [1.54, 1.807) is 30.6 Å². The average Bonchev–Trinajstić information content (AvgIpc) is 3.18. The van der Waals surface area contributed by atoms with Crippen molar-refractivity contribution in [1.82, 2.24) is 20.1 Å². The Hall–Kier alpha value is -2.35. The number of nitrogens with one attached hydrogen (secondary N) is 2. The van der Waals surface area contributed by atoms with E-state index < -0.39 is 0 Å². The Morgan fingerprint density at radius 3 is 2.67 bits per heavy atom. The summed E-state index contributed by atoms with van der Waals surface area (Å²) in [5, 5.41) is 12.7. The van der Waals surface area contributed by atoms with Crippen LogP contribution >= 0.6 is 23.2 Å². The third-order valence-corrected chi connectivity index (χ3v) is 5.98. The highest BCUT2D eigenvalue weighted by atomic mass is 35.5. The van der Waals surface area contributed by atoms with Crippen LogP contribution in [-0.2, 0) is 17.8 Å². The van der Waals surface area contributed by atoms with E-state index in [0.29, 0.717) is 40.9 Å². The van der Waals surface area contributed by atoms with Crippen LogP contribution in [0.4, 0.5) is 5.69 Å². The Bertz CT molecular complexity index is 1040. The zero-order valence-corrected chi connectivity index (χ0v) is 18.1. The van der Waals surface area contributed by atoms with Gasteiger partial charge in [0.15, 0.2) is 5.65 Å². The van der Waals surface area contributed by atoms with Gasteiger partial charge in [0.1, 0.15) is 0 Å². The second-order valence-corrected chi connectivity index (χ2v) is 7.97. The van der Waals surface area contributed by atoms with E-state index in [9.17, 15) is 4.79 Å². The van der Waals surface area contributed by atoms with Crippen molar-refractivity contribution in [3.63, 3.8) is 0 Å². The van der Waals surface area contributed by atoms with Crippen LogP contribution in [0.5, 0.6) is 0 Å². The summed E-state index contributed by atoms with van der Waals surface area (Å²) in [6.45, 7) is 4.33. The third kappa shape index (κ3) is 4.24. The number of aromatic nitrogens is 3. The first-order valence-electron chi connectivity index (χ1n) is 9.98. The van der Waals surface area contributed by atoms with E-state index in [-0.39, 0.29) is 18.5 Å². The zero-order chi connectivity index (χ0) is 21.1. The molecule has 1 amide bonds. The first-order chi connectivity index (χ1) is 14.6. The van der Waals surface area contributed by atoms with Crippen molar-refractivity contribution in [2.24, 2.45) is 0 Å². The van der Waals surface area contributed by atoms with Crippen LogP contribution < -0.4 is 10.6 Å². The van der Waals surface area contributed by atoms with E-state index in [1.807, 2.05) is 11.6 Å². The standard InChI is InChI=1S/C21H23Cl2N5O2/c1-2-28-20-15(12-26-28)19(27-13-6-8-30-9-7-13)16(11-24-20)21(29)25-10-14-17(22)4-3-5-18(14)23/h3-5,11-13H,2,6-10H2,1H3,(H,24,27)(H,25,29). The minimum atomic E-state index is -0.251. The number of hydrogen-bond donors (Lipinski definition) is 2. The van der Waals surface area contributed by atoms with E-state index in [1.165, 1.54) is 0 Å². The molecule has 0 atom stereocenters. The molecule has 4 rings (SSSR count). The first-order valence-corrected chi connectivity index (χ1v) is 10.7. The lowest BCUT2D eigenvalue weighted by Crippen LogP contribution is -2.30. The van der Waals surface area contributed by atoms with Crippen LogP contribution in [0.3, 0.4) is 0 Å². The third-order valence-electron chi connectivity index (χ3n) is 5.27. The highest BCUT2D eigenvalue weighted by Crippen LogP contribution is 2.29. The summed E-state index contributed by atoms with van der Waals surface area (Å²) in [7, 11) is 0. The molecule has 0 aliphatic carbocycles. The molecule has 158 valence electrons. The number of fused-ring (bicyclic) bond motifs is 1. The maximum Gasteiger partial charge on any atom is 0.255 e. The van der Waals surface area contributed by atoms with Gasteiger partial charge in [0.05, 0.1) is 22.8 Å². The number of benzene rings is 1. The Morgan fingerprint density at radius 1 is 1.23 bits per heavy atom.